The minimum atomic E-state index is -0.811. The molecule has 2 N–H and O–H groups in total. The molecule has 1 aliphatic heterocycles. The van der Waals surface area contributed by atoms with Gasteiger partial charge in [0.05, 0.1) is 25.1 Å². The van der Waals surface area contributed by atoms with Gasteiger partial charge in [-0.1, -0.05) is 0 Å². The maximum atomic E-state index is 12.6. The lowest BCUT2D eigenvalue weighted by atomic mass is 9.90. The number of carbonyl (C=O) groups is 2. The number of nitrogens with zero attached hydrogens (tertiary/aromatic N) is 1. The largest absolute Gasteiger partial charge is 0.497 e. The van der Waals surface area contributed by atoms with E-state index in [4.69, 9.17) is 9.47 Å². The molecule has 1 fully saturated rings. The average molecular weight is 385 g/mol. The highest BCUT2D eigenvalue weighted by Gasteiger charge is 2.46. The summed E-state index contributed by atoms with van der Waals surface area (Å²) >= 11 is 1.34. The molecule has 0 radical (unpaired) electrons. The molecule has 2 aromatic heterocycles. The number of aromatic amines is 1. The third kappa shape index (κ3) is 3.16. The van der Waals surface area contributed by atoms with Gasteiger partial charge in [0.1, 0.15) is 11.4 Å². The molecule has 140 valence electrons. The van der Waals surface area contributed by atoms with Gasteiger partial charge in [-0.3, -0.25) is 9.59 Å². The Kier molecular flexibility index (Phi) is 4.15. The van der Waals surface area contributed by atoms with Crippen molar-refractivity contribution in [2.75, 3.05) is 12.4 Å². The van der Waals surface area contributed by atoms with Crippen molar-refractivity contribution in [2.24, 2.45) is 5.92 Å². The van der Waals surface area contributed by atoms with E-state index in [1.165, 1.54) is 11.3 Å². The van der Waals surface area contributed by atoms with Gasteiger partial charge in [0.25, 0.3) is 0 Å². The second-order valence-corrected chi connectivity index (χ2v) is 7.83. The van der Waals surface area contributed by atoms with Crippen LogP contribution < -0.4 is 10.1 Å². The Bertz CT molecular complexity index is 1040. The number of H-pyrrole nitrogens is 1. The Morgan fingerprint density at radius 1 is 1.44 bits per heavy atom. The Labute approximate surface area is 159 Å². The molecule has 0 aliphatic carbocycles. The van der Waals surface area contributed by atoms with E-state index in [0.717, 1.165) is 27.9 Å². The van der Waals surface area contributed by atoms with Crippen molar-refractivity contribution in [1.29, 1.82) is 0 Å². The van der Waals surface area contributed by atoms with E-state index >= 15 is 0 Å². The van der Waals surface area contributed by atoms with Crippen molar-refractivity contribution in [3.8, 4) is 17.0 Å². The summed E-state index contributed by atoms with van der Waals surface area (Å²) in [4.78, 5) is 31.9. The molecular weight excluding hydrogens is 366 g/mol. The van der Waals surface area contributed by atoms with E-state index in [-0.39, 0.29) is 18.3 Å². The van der Waals surface area contributed by atoms with Gasteiger partial charge < -0.3 is 19.8 Å². The van der Waals surface area contributed by atoms with Crippen LogP contribution in [0.2, 0.25) is 0 Å². The number of cyclic esters (lactones) is 1. The van der Waals surface area contributed by atoms with Gasteiger partial charge in [0.15, 0.2) is 5.13 Å². The maximum absolute atomic E-state index is 12.6. The van der Waals surface area contributed by atoms with E-state index in [1.54, 1.807) is 21.0 Å². The third-order valence-electron chi connectivity index (χ3n) is 4.80. The van der Waals surface area contributed by atoms with Crippen LogP contribution in [0.3, 0.4) is 0 Å². The molecule has 0 spiro atoms. The smallest absolute Gasteiger partial charge is 0.307 e. The molecule has 1 saturated heterocycles. The fourth-order valence-corrected chi connectivity index (χ4v) is 4.03. The quantitative estimate of drug-likeness (QED) is 0.670. The molecule has 8 heteroatoms. The lowest BCUT2D eigenvalue weighted by Crippen LogP contribution is -2.36. The van der Waals surface area contributed by atoms with Crippen molar-refractivity contribution < 1.29 is 19.1 Å². The number of hydrogen-bond donors (Lipinski definition) is 2. The second-order valence-electron chi connectivity index (χ2n) is 6.98. The van der Waals surface area contributed by atoms with Crippen LogP contribution >= 0.6 is 11.3 Å². The lowest BCUT2D eigenvalue weighted by Gasteiger charge is -2.23. The summed E-state index contributed by atoms with van der Waals surface area (Å²) in [5.74, 6) is -0.380. The zero-order valence-corrected chi connectivity index (χ0v) is 16.0. The Morgan fingerprint density at radius 2 is 2.26 bits per heavy atom. The Hall–Kier alpha value is -2.87. The predicted molar refractivity (Wildman–Crippen MR) is 103 cm³/mol. The van der Waals surface area contributed by atoms with Crippen LogP contribution in [-0.4, -0.2) is 34.6 Å². The highest BCUT2D eigenvalue weighted by molar-refractivity contribution is 7.14. The molecule has 27 heavy (non-hydrogen) atoms. The first-order chi connectivity index (χ1) is 12.9. The first kappa shape index (κ1) is 17.5. The number of rotatable bonds is 4. The molecule has 3 heterocycles. The SMILES string of the molecule is COc1ccc2[nH]cc(-c3csc(NC(=O)C4CC(=O)OC4(C)C)n3)c2c1. The standard InChI is InChI=1S/C19H19N3O4S/c1-19(2)13(7-16(23)26-19)17(24)22-18-21-15(9-27-18)12-8-20-14-5-4-10(25-3)6-11(12)14/h4-6,8-9,13,20H,7H2,1-3H3,(H,21,22,24). The maximum Gasteiger partial charge on any atom is 0.307 e. The fraction of sp³-hybridized carbons (Fsp3) is 0.316. The van der Waals surface area contributed by atoms with E-state index < -0.39 is 11.5 Å². The number of methoxy groups -OCH3 is 1. The molecule has 1 aliphatic rings. The van der Waals surface area contributed by atoms with Gasteiger partial charge in [-0.2, -0.15) is 0 Å². The number of hydrogen-bond acceptors (Lipinski definition) is 6. The molecule has 1 amide bonds. The molecule has 4 rings (SSSR count). The number of carbonyl (C=O) groups excluding carboxylic acids is 2. The molecule has 3 aromatic rings. The average Bonchev–Trinajstić information content (AvgIpc) is 3.30. The monoisotopic (exact) mass is 385 g/mol. The lowest BCUT2D eigenvalue weighted by molar-refractivity contribution is -0.147. The topological polar surface area (TPSA) is 93.3 Å². The number of anilines is 1. The summed E-state index contributed by atoms with van der Waals surface area (Å²) in [6.45, 7) is 3.49. The van der Waals surface area contributed by atoms with E-state index in [0.29, 0.717) is 5.13 Å². The van der Waals surface area contributed by atoms with Gasteiger partial charge >= 0.3 is 5.97 Å². The molecule has 0 saturated carbocycles. The number of fused-ring (bicyclic) bond motifs is 1. The highest BCUT2D eigenvalue weighted by atomic mass is 32.1. The molecule has 7 nitrogen and oxygen atoms in total. The van der Waals surface area contributed by atoms with Crippen LogP contribution in [0.1, 0.15) is 20.3 Å². The fourth-order valence-electron chi connectivity index (χ4n) is 3.31. The van der Waals surface area contributed by atoms with Gasteiger partial charge in [-0.05, 0) is 32.0 Å². The highest BCUT2D eigenvalue weighted by Crippen LogP contribution is 2.35. The third-order valence-corrected chi connectivity index (χ3v) is 5.56. The zero-order chi connectivity index (χ0) is 19.2. The number of nitrogens with one attached hydrogen (secondary N) is 2. The Balaban J connectivity index is 1.57. The summed E-state index contributed by atoms with van der Waals surface area (Å²) in [5.41, 5.74) is 1.86. The van der Waals surface area contributed by atoms with Gasteiger partial charge in [0.2, 0.25) is 5.91 Å². The number of esters is 1. The van der Waals surface area contributed by atoms with Crippen LogP contribution in [0.5, 0.6) is 5.75 Å². The summed E-state index contributed by atoms with van der Waals surface area (Å²) in [5, 5.41) is 6.18. The number of thiazole rings is 1. The number of aromatic nitrogens is 2. The summed E-state index contributed by atoms with van der Waals surface area (Å²) in [6, 6.07) is 5.79. The number of benzene rings is 1. The summed E-state index contributed by atoms with van der Waals surface area (Å²) in [6.07, 6.45) is 1.97. The van der Waals surface area contributed by atoms with E-state index in [1.807, 2.05) is 29.8 Å². The van der Waals surface area contributed by atoms with Gasteiger partial charge in [0, 0.05) is 28.0 Å². The summed E-state index contributed by atoms with van der Waals surface area (Å²) in [7, 11) is 1.63. The first-order valence-corrected chi connectivity index (χ1v) is 9.39. The minimum Gasteiger partial charge on any atom is -0.497 e. The van der Waals surface area contributed by atoms with Crippen LogP contribution in [0.25, 0.3) is 22.2 Å². The molecular formula is C19H19N3O4S. The van der Waals surface area contributed by atoms with Crippen LogP contribution in [0.4, 0.5) is 5.13 Å². The zero-order valence-electron chi connectivity index (χ0n) is 15.2. The molecule has 1 atom stereocenters. The molecule has 0 bridgehead atoms. The van der Waals surface area contributed by atoms with Crippen LogP contribution in [0.15, 0.2) is 29.8 Å². The normalized spacial score (nSPS) is 18.5. The van der Waals surface area contributed by atoms with Gasteiger partial charge in [-0.15, -0.1) is 11.3 Å². The van der Waals surface area contributed by atoms with Crippen LogP contribution in [0, 0.1) is 5.92 Å². The van der Waals surface area contributed by atoms with Crippen molar-refractivity contribution in [3.05, 3.63) is 29.8 Å². The summed E-state index contributed by atoms with van der Waals surface area (Å²) < 4.78 is 10.5. The van der Waals surface area contributed by atoms with Gasteiger partial charge in [-0.25, -0.2) is 4.98 Å². The van der Waals surface area contributed by atoms with Crippen LogP contribution in [-0.2, 0) is 14.3 Å². The molecule has 1 unspecified atom stereocenters. The predicted octanol–water partition coefficient (Wildman–Crippen LogP) is 3.58. The van der Waals surface area contributed by atoms with Crippen molar-refractivity contribution in [2.45, 2.75) is 25.9 Å². The van der Waals surface area contributed by atoms with Crippen molar-refractivity contribution in [3.63, 3.8) is 0 Å². The number of ether oxygens (including phenoxy) is 2. The van der Waals surface area contributed by atoms with Crippen molar-refractivity contribution in [1.82, 2.24) is 9.97 Å². The van der Waals surface area contributed by atoms with E-state index in [9.17, 15) is 9.59 Å². The first-order valence-electron chi connectivity index (χ1n) is 8.51. The number of amides is 1. The van der Waals surface area contributed by atoms with E-state index in [2.05, 4.69) is 15.3 Å². The molecule has 1 aromatic carbocycles. The van der Waals surface area contributed by atoms with Crippen molar-refractivity contribution >= 4 is 39.2 Å². The minimum absolute atomic E-state index is 0.0826. The Morgan fingerprint density at radius 3 is 2.96 bits per heavy atom. The second kappa shape index (κ2) is 6.38.